The molecule has 0 bridgehead atoms. The van der Waals surface area contributed by atoms with Gasteiger partial charge in [-0.2, -0.15) is 0 Å². The van der Waals surface area contributed by atoms with Crippen molar-refractivity contribution in [2.24, 2.45) is 0 Å². The van der Waals surface area contributed by atoms with Crippen molar-refractivity contribution in [3.05, 3.63) is 48.1 Å². The number of Topliss-reactive ketones (excluding diaryl/α,β-unsaturated/α-hetero) is 1. The first kappa shape index (κ1) is 19.2. The maximum absolute atomic E-state index is 11.3. The second kappa shape index (κ2) is 8.30. The number of carbonyl (C=O) groups excluding carboxylic acids is 2. The smallest absolute Gasteiger partial charge is 0.378 e. The summed E-state index contributed by atoms with van der Waals surface area (Å²) in [6.45, 7) is 2.05. The van der Waals surface area contributed by atoms with E-state index in [1.807, 2.05) is 0 Å². The molecule has 0 aliphatic carbocycles. The van der Waals surface area contributed by atoms with Crippen molar-refractivity contribution in [3.63, 3.8) is 0 Å². The minimum Gasteiger partial charge on any atom is -0.502 e. The fourth-order valence-corrected chi connectivity index (χ4v) is 2.18. The lowest BCUT2D eigenvalue weighted by atomic mass is 10.3. The lowest BCUT2D eigenvalue weighted by molar-refractivity contribution is 0.0488. The van der Waals surface area contributed by atoms with Crippen molar-refractivity contribution in [2.45, 2.75) is 6.92 Å². The highest BCUT2D eigenvalue weighted by atomic mass is 35.5. The lowest BCUT2D eigenvalue weighted by Crippen LogP contribution is -2.02. The largest absolute Gasteiger partial charge is 0.502 e. The topological polar surface area (TPSA) is 112 Å². The van der Waals surface area contributed by atoms with Crippen LogP contribution in [0.3, 0.4) is 0 Å². The van der Waals surface area contributed by atoms with E-state index in [1.54, 1.807) is 37.4 Å². The molecule has 1 aliphatic heterocycles. The Labute approximate surface area is 154 Å². The molecule has 3 aromatic heterocycles. The molecule has 0 saturated heterocycles. The number of hydrogen-bond acceptors (Lipinski definition) is 8. The summed E-state index contributed by atoms with van der Waals surface area (Å²) in [7, 11) is 0. The zero-order chi connectivity index (χ0) is 17.8. The monoisotopic (exact) mass is 378 g/mol. The Kier molecular flexibility index (Phi) is 6.13. The number of fused-ring (bicyclic) bond motifs is 2. The first-order chi connectivity index (χ1) is 12.1. The minimum atomic E-state index is -0.687. The molecular formula is C17H15ClN2O6. The van der Waals surface area contributed by atoms with Gasteiger partial charge >= 0.3 is 5.97 Å². The highest BCUT2D eigenvalue weighted by Gasteiger charge is 2.22. The Morgan fingerprint density at radius 3 is 2.69 bits per heavy atom. The number of pyridine rings is 2. The van der Waals surface area contributed by atoms with E-state index in [-0.39, 0.29) is 48.4 Å². The molecule has 26 heavy (non-hydrogen) atoms. The Morgan fingerprint density at radius 2 is 2.00 bits per heavy atom. The molecular weight excluding hydrogens is 364 g/mol. The van der Waals surface area contributed by atoms with E-state index >= 15 is 0 Å². The van der Waals surface area contributed by atoms with Gasteiger partial charge in [-0.1, -0.05) is 0 Å². The van der Waals surface area contributed by atoms with E-state index in [0.29, 0.717) is 17.0 Å². The van der Waals surface area contributed by atoms with Gasteiger partial charge in [0, 0.05) is 12.4 Å². The fourth-order valence-electron chi connectivity index (χ4n) is 2.18. The summed E-state index contributed by atoms with van der Waals surface area (Å²) in [4.78, 5) is 30.0. The van der Waals surface area contributed by atoms with Crippen LogP contribution in [0.4, 0.5) is 0 Å². The summed E-state index contributed by atoms with van der Waals surface area (Å²) in [5, 5.41) is 9.63. The van der Waals surface area contributed by atoms with Crippen LogP contribution in [0.1, 0.15) is 28.0 Å². The summed E-state index contributed by atoms with van der Waals surface area (Å²) in [6.07, 6.45) is 3.10. The average molecular weight is 379 g/mol. The first-order valence-corrected chi connectivity index (χ1v) is 7.46. The van der Waals surface area contributed by atoms with E-state index < -0.39 is 5.97 Å². The van der Waals surface area contributed by atoms with Crippen LogP contribution < -0.4 is 4.74 Å². The molecule has 0 unspecified atom stereocenters. The van der Waals surface area contributed by atoms with Crippen LogP contribution in [0, 0.1) is 0 Å². The van der Waals surface area contributed by atoms with Crippen molar-refractivity contribution in [3.8, 4) is 11.5 Å². The number of rotatable bonds is 2. The second-order valence-corrected chi connectivity index (χ2v) is 4.91. The summed E-state index contributed by atoms with van der Waals surface area (Å²) in [5.74, 6) is -0.592. The van der Waals surface area contributed by atoms with Crippen LogP contribution in [-0.2, 0) is 4.74 Å². The maximum Gasteiger partial charge on any atom is 0.378 e. The van der Waals surface area contributed by atoms with Gasteiger partial charge in [-0.05, 0) is 31.2 Å². The molecule has 136 valence electrons. The number of ether oxygens (including phenoxy) is 2. The third kappa shape index (κ3) is 3.75. The van der Waals surface area contributed by atoms with E-state index in [1.165, 1.54) is 6.20 Å². The highest BCUT2D eigenvalue weighted by Crippen LogP contribution is 2.30. The van der Waals surface area contributed by atoms with E-state index in [0.717, 1.165) is 0 Å². The molecule has 3 aromatic rings. The first-order valence-electron chi connectivity index (χ1n) is 7.46. The fraction of sp³-hybridized carbons (Fsp3) is 0.176. The molecule has 0 fully saturated rings. The molecule has 4 rings (SSSR count). The second-order valence-electron chi connectivity index (χ2n) is 4.91. The molecule has 0 amide bonds. The SMILES string of the molecule is CCOC(=O)c1oc2cccnc2c1O.Cl.O=C1COc2cccnc21. The van der Waals surface area contributed by atoms with Crippen LogP contribution in [-0.4, -0.2) is 40.0 Å². The number of furan rings is 1. The Balaban J connectivity index is 0.000000193. The predicted octanol–water partition coefficient (Wildman–Crippen LogP) is 2.79. The quantitative estimate of drug-likeness (QED) is 0.677. The molecule has 0 saturated carbocycles. The van der Waals surface area contributed by atoms with Crippen molar-refractivity contribution in [1.82, 2.24) is 9.97 Å². The Hall–Kier alpha value is -3.13. The average Bonchev–Trinajstić information content (AvgIpc) is 3.17. The summed E-state index contributed by atoms with van der Waals surface area (Å²) >= 11 is 0. The van der Waals surface area contributed by atoms with Crippen molar-refractivity contribution in [1.29, 1.82) is 0 Å². The van der Waals surface area contributed by atoms with Crippen molar-refractivity contribution in [2.75, 3.05) is 13.2 Å². The molecule has 8 nitrogen and oxygen atoms in total. The van der Waals surface area contributed by atoms with E-state index in [2.05, 4.69) is 9.97 Å². The van der Waals surface area contributed by atoms with Crippen LogP contribution in [0.25, 0.3) is 11.1 Å². The van der Waals surface area contributed by atoms with Crippen LogP contribution in [0.2, 0.25) is 0 Å². The number of nitrogens with zero attached hydrogens (tertiary/aromatic N) is 2. The zero-order valence-electron chi connectivity index (χ0n) is 13.7. The normalized spacial score (nSPS) is 11.7. The Bertz CT molecular complexity index is 940. The standard InChI is InChI=1S/C10H9NO4.C7H5NO2.ClH/c1-2-14-10(13)9-8(12)7-6(15-9)4-3-5-11-7;9-5-4-10-6-2-1-3-8-7(5)6;/h3-5,12H,2H2,1H3;1-3H,4H2;1H. The molecule has 4 heterocycles. The predicted molar refractivity (Wildman–Crippen MR) is 92.9 cm³/mol. The minimum absolute atomic E-state index is 0. The van der Waals surface area contributed by atoms with Gasteiger partial charge in [-0.3, -0.25) is 4.79 Å². The van der Waals surface area contributed by atoms with Gasteiger partial charge < -0.3 is 19.0 Å². The molecule has 0 aromatic carbocycles. The van der Waals surface area contributed by atoms with Gasteiger partial charge in [0.15, 0.2) is 29.2 Å². The van der Waals surface area contributed by atoms with Gasteiger partial charge in [-0.15, -0.1) is 12.4 Å². The molecule has 1 aliphatic rings. The summed E-state index contributed by atoms with van der Waals surface area (Å²) in [5.41, 5.74) is 1.08. The number of halogens is 1. The lowest BCUT2D eigenvalue weighted by Gasteiger charge is -1.96. The van der Waals surface area contributed by atoms with Crippen LogP contribution in [0.15, 0.2) is 41.1 Å². The zero-order valence-corrected chi connectivity index (χ0v) is 14.5. The number of aromatic hydroxyl groups is 1. The van der Waals surface area contributed by atoms with Gasteiger partial charge in [0.1, 0.15) is 5.75 Å². The maximum atomic E-state index is 11.3. The van der Waals surface area contributed by atoms with E-state index in [9.17, 15) is 14.7 Å². The summed E-state index contributed by atoms with van der Waals surface area (Å²) < 4.78 is 14.8. The number of aromatic nitrogens is 2. The van der Waals surface area contributed by atoms with Gasteiger partial charge in [0.25, 0.3) is 5.76 Å². The molecule has 9 heteroatoms. The van der Waals surface area contributed by atoms with E-state index in [4.69, 9.17) is 13.9 Å². The number of carbonyl (C=O) groups is 2. The third-order valence-electron chi connectivity index (χ3n) is 3.28. The number of esters is 1. The summed E-state index contributed by atoms with van der Waals surface area (Å²) in [6, 6.07) is 6.76. The van der Waals surface area contributed by atoms with Gasteiger partial charge in [-0.25, -0.2) is 14.8 Å². The number of ketones is 1. The molecule has 0 radical (unpaired) electrons. The van der Waals surface area contributed by atoms with Crippen molar-refractivity contribution >= 4 is 35.3 Å². The number of hydrogen-bond donors (Lipinski definition) is 1. The molecule has 1 N–H and O–H groups in total. The highest BCUT2D eigenvalue weighted by molar-refractivity contribution is 6.00. The Morgan fingerprint density at radius 1 is 1.27 bits per heavy atom. The van der Waals surface area contributed by atoms with Crippen LogP contribution in [0.5, 0.6) is 11.5 Å². The third-order valence-corrected chi connectivity index (χ3v) is 3.28. The molecule has 0 atom stereocenters. The van der Waals surface area contributed by atoms with Crippen LogP contribution >= 0.6 is 12.4 Å². The molecule has 0 spiro atoms. The van der Waals surface area contributed by atoms with Gasteiger partial charge in [0.2, 0.25) is 5.78 Å². The van der Waals surface area contributed by atoms with Gasteiger partial charge in [0.05, 0.1) is 6.61 Å². The van der Waals surface area contributed by atoms with Crippen molar-refractivity contribution < 1.29 is 28.6 Å².